The van der Waals surface area contributed by atoms with Crippen molar-refractivity contribution in [3.63, 3.8) is 0 Å². The minimum atomic E-state index is -0.821. The molecule has 82 valence electrons. The van der Waals surface area contributed by atoms with Crippen LogP contribution in [-0.4, -0.2) is 24.0 Å². The lowest BCUT2D eigenvalue weighted by molar-refractivity contribution is -0.163. The van der Waals surface area contributed by atoms with Crippen LogP contribution < -0.4 is 5.32 Å². The molecule has 0 saturated heterocycles. The number of hydrogen-bond acceptors (Lipinski definition) is 3. The molecule has 14 heavy (non-hydrogen) atoms. The van der Waals surface area contributed by atoms with Gasteiger partial charge >= 0.3 is 11.9 Å². The van der Waals surface area contributed by atoms with Crippen molar-refractivity contribution in [3.05, 3.63) is 0 Å². The van der Waals surface area contributed by atoms with Crippen LogP contribution in [-0.2, 0) is 14.3 Å². The molecule has 0 aromatic carbocycles. The topological polar surface area (TPSA) is 55.4 Å². The number of hydrogen-bond donors (Lipinski definition) is 1. The molecular weight excluding hydrogens is 182 g/mol. The molecule has 0 aromatic heterocycles. The summed E-state index contributed by atoms with van der Waals surface area (Å²) in [5.74, 6) is -1.17. The van der Waals surface area contributed by atoms with E-state index in [9.17, 15) is 9.59 Å². The molecule has 0 bridgehead atoms. The van der Waals surface area contributed by atoms with Crippen LogP contribution in [0.15, 0.2) is 0 Å². The Kier molecular flexibility index (Phi) is 4.60. The molecule has 0 radical (unpaired) electrons. The van der Waals surface area contributed by atoms with Gasteiger partial charge in [0.15, 0.2) is 0 Å². The van der Waals surface area contributed by atoms with E-state index in [1.165, 1.54) is 0 Å². The molecule has 0 unspecified atom stereocenters. The fraction of sp³-hybridized carbons (Fsp3) is 0.800. The molecule has 0 fully saturated rings. The summed E-state index contributed by atoms with van der Waals surface area (Å²) < 4.78 is 4.88. The zero-order chi connectivity index (χ0) is 11.4. The second-order valence-corrected chi connectivity index (χ2v) is 4.61. The van der Waals surface area contributed by atoms with Crippen LogP contribution in [0, 0.1) is 5.92 Å². The Bertz CT molecular complexity index is 216. The number of rotatable bonds is 2. The fourth-order valence-electron chi connectivity index (χ4n) is 0.693. The zero-order valence-corrected chi connectivity index (χ0v) is 9.51. The predicted octanol–water partition coefficient (Wildman–Crippen LogP) is 1.10. The van der Waals surface area contributed by atoms with Crippen LogP contribution in [0.3, 0.4) is 0 Å². The molecule has 4 nitrogen and oxygen atoms in total. The van der Waals surface area contributed by atoms with Crippen molar-refractivity contribution >= 4 is 11.9 Å². The molecule has 0 atom stereocenters. The third-order valence-electron chi connectivity index (χ3n) is 1.26. The molecule has 0 spiro atoms. The molecular formula is C10H19NO3. The first kappa shape index (κ1) is 12.9. The summed E-state index contributed by atoms with van der Waals surface area (Å²) in [5.41, 5.74) is -0.619. The smallest absolute Gasteiger partial charge is 0.397 e. The maximum absolute atomic E-state index is 11.1. The highest BCUT2D eigenvalue weighted by Crippen LogP contribution is 2.06. The van der Waals surface area contributed by atoms with E-state index in [4.69, 9.17) is 4.74 Å². The van der Waals surface area contributed by atoms with Crippen molar-refractivity contribution in [2.45, 2.75) is 40.2 Å². The Morgan fingerprint density at radius 1 is 1.29 bits per heavy atom. The lowest BCUT2D eigenvalue weighted by atomic mass is 10.2. The standard InChI is InChI=1S/C10H19NO3/c1-7(2)6-11-8(12)9(13)14-10(3,4)5/h7H,6H2,1-5H3,(H,11,12). The van der Waals surface area contributed by atoms with Gasteiger partial charge in [-0.2, -0.15) is 0 Å². The zero-order valence-electron chi connectivity index (χ0n) is 9.51. The fourth-order valence-corrected chi connectivity index (χ4v) is 0.693. The van der Waals surface area contributed by atoms with Gasteiger partial charge in [0.2, 0.25) is 0 Å². The Hall–Kier alpha value is -1.06. The summed E-state index contributed by atoms with van der Waals surface area (Å²) >= 11 is 0. The van der Waals surface area contributed by atoms with E-state index in [0.29, 0.717) is 12.5 Å². The van der Waals surface area contributed by atoms with E-state index in [-0.39, 0.29) is 0 Å². The van der Waals surface area contributed by atoms with Gasteiger partial charge in [-0.15, -0.1) is 0 Å². The highest BCUT2D eigenvalue weighted by molar-refractivity contribution is 6.32. The highest BCUT2D eigenvalue weighted by atomic mass is 16.6. The minimum absolute atomic E-state index is 0.321. The number of amides is 1. The van der Waals surface area contributed by atoms with Crippen LogP contribution in [0.2, 0.25) is 0 Å². The number of nitrogens with one attached hydrogen (secondary N) is 1. The summed E-state index contributed by atoms with van der Waals surface area (Å²) in [6.07, 6.45) is 0. The Morgan fingerprint density at radius 2 is 1.79 bits per heavy atom. The van der Waals surface area contributed by atoms with E-state index >= 15 is 0 Å². The van der Waals surface area contributed by atoms with Gasteiger partial charge in [-0.25, -0.2) is 4.79 Å². The second-order valence-electron chi connectivity index (χ2n) is 4.61. The lowest BCUT2D eigenvalue weighted by Gasteiger charge is -2.19. The van der Waals surface area contributed by atoms with Gasteiger partial charge in [0.25, 0.3) is 0 Å². The van der Waals surface area contributed by atoms with Crippen molar-refractivity contribution in [1.82, 2.24) is 5.32 Å². The van der Waals surface area contributed by atoms with E-state index in [1.807, 2.05) is 13.8 Å². The van der Waals surface area contributed by atoms with Crippen molar-refractivity contribution in [2.75, 3.05) is 6.54 Å². The normalized spacial score (nSPS) is 11.3. The average molecular weight is 201 g/mol. The van der Waals surface area contributed by atoms with Gasteiger partial charge in [0, 0.05) is 6.54 Å². The molecule has 4 heteroatoms. The number of ether oxygens (including phenoxy) is 1. The van der Waals surface area contributed by atoms with Crippen LogP contribution in [0.1, 0.15) is 34.6 Å². The van der Waals surface area contributed by atoms with Gasteiger partial charge < -0.3 is 10.1 Å². The summed E-state index contributed by atoms with van der Waals surface area (Å²) in [5, 5.41) is 2.49. The first-order valence-electron chi connectivity index (χ1n) is 4.73. The van der Waals surface area contributed by atoms with E-state index in [1.54, 1.807) is 20.8 Å². The molecule has 0 heterocycles. The van der Waals surface area contributed by atoms with E-state index < -0.39 is 17.5 Å². The number of carbonyl (C=O) groups excluding carboxylic acids is 2. The maximum Gasteiger partial charge on any atom is 0.397 e. The monoisotopic (exact) mass is 201 g/mol. The van der Waals surface area contributed by atoms with Gasteiger partial charge in [0.05, 0.1) is 0 Å². The Balaban J connectivity index is 3.95. The third-order valence-corrected chi connectivity index (χ3v) is 1.26. The summed E-state index contributed by atoms with van der Waals surface area (Å²) in [6.45, 7) is 9.56. The van der Waals surface area contributed by atoms with Crippen LogP contribution in [0.5, 0.6) is 0 Å². The molecule has 0 aromatic rings. The first-order valence-corrected chi connectivity index (χ1v) is 4.73. The van der Waals surface area contributed by atoms with Gasteiger partial charge in [-0.05, 0) is 26.7 Å². The first-order chi connectivity index (χ1) is 6.22. The molecule has 1 N–H and O–H groups in total. The molecule has 0 aliphatic carbocycles. The maximum atomic E-state index is 11.1. The van der Waals surface area contributed by atoms with Crippen molar-refractivity contribution < 1.29 is 14.3 Å². The molecule has 0 aliphatic rings. The third kappa shape index (κ3) is 6.46. The van der Waals surface area contributed by atoms with Crippen molar-refractivity contribution in [3.8, 4) is 0 Å². The summed E-state index contributed by atoms with van der Waals surface area (Å²) in [4.78, 5) is 22.3. The quantitative estimate of drug-likeness (QED) is 0.537. The Morgan fingerprint density at radius 3 is 2.14 bits per heavy atom. The van der Waals surface area contributed by atoms with Crippen molar-refractivity contribution in [1.29, 1.82) is 0 Å². The van der Waals surface area contributed by atoms with Crippen LogP contribution in [0.4, 0.5) is 0 Å². The molecule has 0 rings (SSSR count). The Labute approximate surface area is 85.0 Å². The van der Waals surface area contributed by atoms with Crippen molar-refractivity contribution in [2.24, 2.45) is 5.92 Å². The molecule has 1 amide bonds. The van der Waals surface area contributed by atoms with Crippen LogP contribution in [0.25, 0.3) is 0 Å². The summed E-state index contributed by atoms with van der Waals surface area (Å²) in [7, 11) is 0. The number of carbonyl (C=O) groups is 2. The van der Waals surface area contributed by atoms with E-state index in [0.717, 1.165) is 0 Å². The van der Waals surface area contributed by atoms with Gasteiger partial charge in [0.1, 0.15) is 5.60 Å². The molecule has 0 saturated carbocycles. The summed E-state index contributed by atoms with van der Waals surface area (Å²) in [6, 6.07) is 0. The lowest BCUT2D eigenvalue weighted by Crippen LogP contribution is -2.38. The van der Waals surface area contributed by atoms with Gasteiger partial charge in [-0.3, -0.25) is 4.79 Å². The SMILES string of the molecule is CC(C)CNC(=O)C(=O)OC(C)(C)C. The minimum Gasteiger partial charge on any atom is -0.453 e. The highest BCUT2D eigenvalue weighted by Gasteiger charge is 2.22. The van der Waals surface area contributed by atoms with Crippen LogP contribution >= 0.6 is 0 Å². The predicted molar refractivity (Wildman–Crippen MR) is 53.7 cm³/mol. The molecule has 0 aliphatic heterocycles. The average Bonchev–Trinajstić information content (AvgIpc) is 1.96. The largest absolute Gasteiger partial charge is 0.453 e. The number of esters is 1. The van der Waals surface area contributed by atoms with E-state index in [2.05, 4.69) is 5.32 Å². The van der Waals surface area contributed by atoms with Gasteiger partial charge in [-0.1, -0.05) is 13.8 Å². The second kappa shape index (κ2) is 4.98.